The summed E-state index contributed by atoms with van der Waals surface area (Å²) in [6.07, 6.45) is 18.0. The van der Waals surface area contributed by atoms with E-state index in [1.807, 2.05) is 6.92 Å². The predicted molar refractivity (Wildman–Crippen MR) is 218 cm³/mol. The molecule has 2 saturated carbocycles. The van der Waals surface area contributed by atoms with Crippen LogP contribution in [0.1, 0.15) is 133 Å². The van der Waals surface area contributed by atoms with E-state index in [1.54, 1.807) is 7.11 Å². The van der Waals surface area contributed by atoms with E-state index in [0.29, 0.717) is 42.1 Å². The third kappa shape index (κ3) is 16.8. The molecule has 0 radical (unpaired) electrons. The molecule has 0 amide bonds. The molecule has 326 valence electrons. The van der Waals surface area contributed by atoms with Crippen LogP contribution in [0, 0.1) is 35.5 Å². The molecular formula is C47H71KO11. The molecule has 4 aliphatic rings. The molecule has 4 aliphatic carbocycles. The zero-order chi connectivity index (χ0) is 41.7. The van der Waals surface area contributed by atoms with Crippen molar-refractivity contribution in [2.24, 2.45) is 35.5 Å². The van der Waals surface area contributed by atoms with Crippen molar-refractivity contribution < 1.29 is 106 Å². The molecule has 10 atom stereocenters. The van der Waals surface area contributed by atoms with Crippen LogP contribution < -0.4 is 60.9 Å². The monoisotopic (exact) mass is 850 g/mol. The van der Waals surface area contributed by atoms with Gasteiger partial charge in [-0.15, -0.1) is 0 Å². The van der Waals surface area contributed by atoms with Crippen LogP contribution in [0.3, 0.4) is 0 Å². The molecule has 59 heavy (non-hydrogen) atoms. The topological polar surface area (TPSA) is 198 Å². The first-order valence-electron chi connectivity index (χ1n) is 21.7. The molecule has 0 saturated heterocycles. The molecule has 6 rings (SSSR count). The molecule has 2 aromatic carbocycles. The Balaban J connectivity index is 0.000000506. The van der Waals surface area contributed by atoms with Gasteiger partial charge in [-0.3, -0.25) is 0 Å². The normalized spacial score (nSPS) is 25.2. The Hall–Kier alpha value is -1.76. The van der Waals surface area contributed by atoms with E-state index >= 15 is 0 Å². The van der Waals surface area contributed by atoms with Crippen LogP contribution in [0.25, 0.3) is 0 Å². The molecule has 11 nitrogen and oxygen atoms in total. The van der Waals surface area contributed by atoms with E-state index in [-0.39, 0.29) is 93.6 Å². The summed E-state index contributed by atoms with van der Waals surface area (Å²) in [4.78, 5) is 32.5. The van der Waals surface area contributed by atoms with Gasteiger partial charge >= 0.3 is 63.7 Å². The van der Waals surface area contributed by atoms with Gasteiger partial charge in [-0.25, -0.2) is 0 Å². The number of hydrogen-bond donors (Lipinski definition) is 4. The summed E-state index contributed by atoms with van der Waals surface area (Å²) in [6.45, 7) is 7.12. The van der Waals surface area contributed by atoms with Crippen LogP contribution in [-0.4, -0.2) is 76.3 Å². The second kappa shape index (κ2) is 30.3. The molecule has 0 heterocycles. The summed E-state index contributed by atoms with van der Waals surface area (Å²) >= 11 is 0. The maximum Gasteiger partial charge on any atom is 1.00 e. The number of aliphatic hydroxyl groups is 4. The zero-order valence-electron chi connectivity index (χ0n) is 36.4. The average Bonchev–Trinajstić information content (AvgIpc) is 3.68. The number of benzene rings is 2. The van der Waals surface area contributed by atoms with Crippen LogP contribution in [0.4, 0.5) is 0 Å². The van der Waals surface area contributed by atoms with Gasteiger partial charge in [0, 0.05) is 0 Å². The first-order chi connectivity index (χ1) is 27.6. The third-order valence-corrected chi connectivity index (χ3v) is 13.2. The Morgan fingerprint density at radius 2 is 1.05 bits per heavy atom. The van der Waals surface area contributed by atoms with Gasteiger partial charge in [0.25, 0.3) is 0 Å². The Labute approximate surface area is 395 Å². The van der Waals surface area contributed by atoms with Crippen LogP contribution in [0.5, 0.6) is 11.5 Å². The van der Waals surface area contributed by atoms with E-state index < -0.39 is 0 Å². The van der Waals surface area contributed by atoms with Crippen LogP contribution in [0.2, 0.25) is 0 Å². The number of rotatable bonds is 17. The summed E-state index contributed by atoms with van der Waals surface area (Å²) in [6, 6.07) is 12.8. The summed E-state index contributed by atoms with van der Waals surface area (Å²) in [7, 11) is 1.74. The van der Waals surface area contributed by atoms with Crippen molar-refractivity contribution in [3.63, 3.8) is 0 Å². The van der Waals surface area contributed by atoms with Crippen molar-refractivity contribution in [1.82, 2.24) is 0 Å². The molecule has 12 heteroatoms. The van der Waals surface area contributed by atoms with Crippen molar-refractivity contribution in [2.45, 2.75) is 161 Å². The van der Waals surface area contributed by atoms with Crippen LogP contribution >= 0.6 is 0 Å². The molecule has 0 aliphatic heterocycles. The Morgan fingerprint density at radius 3 is 1.44 bits per heavy atom. The van der Waals surface area contributed by atoms with Crippen LogP contribution in [-0.2, 0) is 44.9 Å². The van der Waals surface area contributed by atoms with E-state index in [4.69, 9.17) is 28.7 Å². The first kappa shape index (κ1) is 55.3. The fraction of sp³-hybridized carbons (Fsp3) is 0.702. The number of methoxy groups -OCH3 is 1. The number of ether oxygens (including phenoxy) is 2. The minimum atomic E-state index is -0.210. The average molecular weight is 851 g/mol. The predicted octanol–water partition coefficient (Wildman–Crippen LogP) is 4.31. The van der Waals surface area contributed by atoms with E-state index in [9.17, 15) is 20.4 Å². The molecule has 2 aromatic rings. The summed E-state index contributed by atoms with van der Waals surface area (Å²) in [5.41, 5.74) is 5.50. The van der Waals surface area contributed by atoms with Crippen molar-refractivity contribution in [1.29, 1.82) is 0 Å². The summed E-state index contributed by atoms with van der Waals surface area (Å²) in [5.74, 6) is 4.93. The Bertz CT molecular complexity index is 1510. The van der Waals surface area contributed by atoms with Crippen molar-refractivity contribution in [2.75, 3.05) is 13.7 Å². The molecule has 0 unspecified atom stereocenters. The second-order valence-corrected chi connectivity index (χ2v) is 16.6. The van der Waals surface area contributed by atoms with E-state index in [1.165, 1.54) is 47.9 Å². The SMILES string of the molecule is CCCCC[C@H](O)CC[C@@H]1[C@H]2Cc3cccc(OC)c3C[C@H]2C[C@H]1O.CCCCC[C@H](O)CC[C@@H]1[C@H]2Cc3cccc(OCC)c3C[C@H]2C[C@H]1O.O=C=O.O=C=O.[K+].[OH-]. The van der Waals surface area contributed by atoms with Gasteiger partial charge in [0.05, 0.1) is 38.1 Å². The molecule has 0 aromatic heterocycles. The zero-order valence-corrected chi connectivity index (χ0v) is 39.5. The summed E-state index contributed by atoms with van der Waals surface area (Å²) in [5, 5.41) is 41.8. The van der Waals surface area contributed by atoms with Gasteiger partial charge in [0.1, 0.15) is 11.5 Å². The molecule has 0 spiro atoms. The van der Waals surface area contributed by atoms with Gasteiger partial charge in [-0.05, 0) is 154 Å². The minimum Gasteiger partial charge on any atom is -0.870 e. The molecule has 5 N–H and O–H groups in total. The number of carbonyl (C=O) groups excluding carboxylic acids is 4. The van der Waals surface area contributed by atoms with Crippen LogP contribution in [0.15, 0.2) is 36.4 Å². The van der Waals surface area contributed by atoms with Gasteiger partial charge < -0.3 is 35.4 Å². The van der Waals surface area contributed by atoms with Crippen molar-refractivity contribution >= 4 is 12.3 Å². The fourth-order valence-electron chi connectivity index (χ4n) is 10.4. The third-order valence-electron chi connectivity index (χ3n) is 13.2. The maximum absolute atomic E-state index is 10.7. The van der Waals surface area contributed by atoms with Gasteiger partial charge in [0.15, 0.2) is 0 Å². The Morgan fingerprint density at radius 1 is 0.644 bits per heavy atom. The van der Waals surface area contributed by atoms with Crippen molar-refractivity contribution in [3.8, 4) is 11.5 Å². The fourth-order valence-corrected chi connectivity index (χ4v) is 10.4. The standard InChI is InChI=1S/C23H36O3.C22H34O3.2CO2.K.H2O/c1-3-5-6-9-18(24)11-12-19-20-13-16-8-7-10-23(26-4-2)21(16)14-17(20)15-22(19)25;1-3-4-5-8-17(23)10-11-18-19-12-15-7-6-9-22(25-2)20(15)13-16(19)14-21(18)24;2*2-1-3;;/h7-8,10,17-20,22,24-25H,3-6,9,11-15H2,1-2H3;6-7,9,16-19,21,23-24H,3-5,8,10-14H2,1-2H3;;;;1H2/q;;;;+1;/p-1/t17-,18-,19+,20-,22+;16-,17-,18+,19-,21+;;;;/m00..../s1. The van der Waals surface area contributed by atoms with Gasteiger partial charge in [-0.2, -0.15) is 19.2 Å². The van der Waals surface area contributed by atoms with E-state index in [2.05, 4.69) is 50.2 Å². The van der Waals surface area contributed by atoms with Crippen molar-refractivity contribution in [3.05, 3.63) is 58.7 Å². The van der Waals surface area contributed by atoms with E-state index in [0.717, 1.165) is 101 Å². The minimum absolute atomic E-state index is 0. The molecular weight excluding hydrogens is 780 g/mol. The molecule has 2 fully saturated rings. The number of aliphatic hydroxyl groups excluding tert-OH is 4. The maximum atomic E-state index is 10.7. The largest absolute Gasteiger partial charge is 1.00 e. The van der Waals surface area contributed by atoms with Gasteiger partial charge in [0.2, 0.25) is 0 Å². The summed E-state index contributed by atoms with van der Waals surface area (Å²) < 4.78 is 11.4. The number of hydrogen-bond acceptors (Lipinski definition) is 11. The second-order valence-electron chi connectivity index (χ2n) is 16.6. The van der Waals surface area contributed by atoms with Gasteiger partial charge in [-0.1, -0.05) is 76.6 Å². The molecule has 0 bridgehead atoms. The smallest absolute Gasteiger partial charge is 0.870 e. The quantitative estimate of drug-likeness (QED) is 0.131. The number of fused-ring (bicyclic) bond motifs is 4. The Kier molecular flexibility index (Phi) is 28.4. The number of unbranched alkanes of at least 4 members (excludes halogenated alkanes) is 4. The first-order valence-corrected chi connectivity index (χ1v) is 21.7.